The van der Waals surface area contributed by atoms with E-state index in [1.807, 2.05) is 36.4 Å². The van der Waals surface area contributed by atoms with Crippen molar-refractivity contribution in [3.05, 3.63) is 54.6 Å². The molecule has 0 spiro atoms. The summed E-state index contributed by atoms with van der Waals surface area (Å²) in [5.41, 5.74) is 2.93. The summed E-state index contributed by atoms with van der Waals surface area (Å²) in [6.45, 7) is 3.05. The van der Waals surface area contributed by atoms with Crippen LogP contribution in [0.15, 0.2) is 54.6 Å². The van der Waals surface area contributed by atoms with E-state index in [0.717, 1.165) is 30.2 Å². The molecule has 1 aromatic heterocycles. The smallest absolute Gasteiger partial charge is 0.323 e. The fourth-order valence-electron chi connectivity index (χ4n) is 3.37. The van der Waals surface area contributed by atoms with Crippen LogP contribution in [0, 0.1) is 0 Å². The van der Waals surface area contributed by atoms with Gasteiger partial charge in [0.2, 0.25) is 0 Å². The molecule has 0 aliphatic carbocycles. The number of amides is 2. The molecule has 9 nitrogen and oxygen atoms in total. The maximum absolute atomic E-state index is 12.3. The molecule has 0 bridgehead atoms. The topological polar surface area (TPSA) is 97.8 Å². The first-order valence-corrected chi connectivity index (χ1v) is 10.2. The standard InChI is InChI=1S/C23H25N5O4/c1-30-20-9-7-18(15-21(20)31-2)25-23(29)24-17-5-3-16(4-6-17)19-8-10-22(27-26-19)28-11-13-32-14-12-28/h3-10,15H,11-14H2,1-2H3,(H2,24,25,29). The lowest BCUT2D eigenvalue weighted by atomic mass is 10.1. The number of benzene rings is 2. The molecule has 2 amide bonds. The number of urea groups is 1. The van der Waals surface area contributed by atoms with E-state index in [9.17, 15) is 4.79 Å². The Balaban J connectivity index is 1.36. The molecular weight excluding hydrogens is 410 g/mol. The lowest BCUT2D eigenvalue weighted by Crippen LogP contribution is -2.36. The van der Waals surface area contributed by atoms with Gasteiger partial charge >= 0.3 is 6.03 Å². The van der Waals surface area contributed by atoms with Crippen LogP contribution in [0.2, 0.25) is 0 Å². The minimum Gasteiger partial charge on any atom is -0.493 e. The summed E-state index contributed by atoms with van der Waals surface area (Å²) in [6.07, 6.45) is 0. The molecule has 32 heavy (non-hydrogen) atoms. The SMILES string of the molecule is COc1ccc(NC(=O)Nc2ccc(-c3ccc(N4CCOCC4)nn3)cc2)cc1OC. The number of rotatable bonds is 6. The van der Waals surface area contributed by atoms with Gasteiger partial charge in [-0.1, -0.05) is 12.1 Å². The molecule has 2 heterocycles. The van der Waals surface area contributed by atoms with Gasteiger partial charge in [0.15, 0.2) is 17.3 Å². The van der Waals surface area contributed by atoms with Crippen molar-refractivity contribution in [3.8, 4) is 22.8 Å². The first kappa shape index (κ1) is 21.4. The predicted molar refractivity (Wildman–Crippen MR) is 123 cm³/mol. The monoisotopic (exact) mass is 435 g/mol. The van der Waals surface area contributed by atoms with Gasteiger partial charge in [-0.05, 0) is 36.4 Å². The fraction of sp³-hybridized carbons (Fsp3) is 0.261. The second kappa shape index (κ2) is 9.97. The first-order valence-electron chi connectivity index (χ1n) is 10.2. The number of aromatic nitrogens is 2. The highest BCUT2D eigenvalue weighted by Crippen LogP contribution is 2.30. The normalized spacial score (nSPS) is 13.4. The molecule has 166 valence electrons. The molecule has 1 saturated heterocycles. The second-order valence-electron chi connectivity index (χ2n) is 7.10. The zero-order valence-corrected chi connectivity index (χ0v) is 18.0. The average molecular weight is 435 g/mol. The van der Waals surface area contributed by atoms with Gasteiger partial charge in [0.05, 0.1) is 33.1 Å². The molecule has 1 fully saturated rings. The van der Waals surface area contributed by atoms with E-state index in [1.165, 1.54) is 0 Å². The Hall–Kier alpha value is -3.85. The highest BCUT2D eigenvalue weighted by molar-refractivity contribution is 6.00. The van der Waals surface area contributed by atoms with Crippen molar-refractivity contribution in [2.24, 2.45) is 0 Å². The van der Waals surface area contributed by atoms with E-state index in [4.69, 9.17) is 14.2 Å². The van der Waals surface area contributed by atoms with Crippen molar-refractivity contribution in [2.45, 2.75) is 0 Å². The summed E-state index contributed by atoms with van der Waals surface area (Å²) >= 11 is 0. The number of nitrogens with one attached hydrogen (secondary N) is 2. The number of morpholine rings is 1. The van der Waals surface area contributed by atoms with E-state index in [1.54, 1.807) is 32.4 Å². The van der Waals surface area contributed by atoms with Gasteiger partial charge in [-0.25, -0.2) is 4.79 Å². The van der Waals surface area contributed by atoms with Crippen LogP contribution < -0.4 is 25.0 Å². The summed E-state index contributed by atoms with van der Waals surface area (Å²) in [6, 6.07) is 16.1. The molecule has 0 saturated carbocycles. The molecule has 0 atom stereocenters. The Morgan fingerprint density at radius 3 is 2.22 bits per heavy atom. The highest BCUT2D eigenvalue weighted by Gasteiger charge is 2.13. The third-order valence-corrected chi connectivity index (χ3v) is 5.07. The van der Waals surface area contributed by atoms with Crippen LogP contribution in [0.5, 0.6) is 11.5 Å². The molecule has 0 radical (unpaired) electrons. The number of hydrogen-bond donors (Lipinski definition) is 2. The van der Waals surface area contributed by atoms with Crippen LogP contribution in [0.25, 0.3) is 11.3 Å². The maximum Gasteiger partial charge on any atom is 0.323 e. The van der Waals surface area contributed by atoms with Crippen LogP contribution in [0.1, 0.15) is 0 Å². The van der Waals surface area contributed by atoms with Gasteiger partial charge in [-0.3, -0.25) is 0 Å². The lowest BCUT2D eigenvalue weighted by Gasteiger charge is -2.27. The maximum atomic E-state index is 12.3. The number of ether oxygens (including phenoxy) is 3. The zero-order chi connectivity index (χ0) is 22.3. The third kappa shape index (κ3) is 5.06. The molecule has 0 unspecified atom stereocenters. The first-order chi connectivity index (χ1) is 15.7. The summed E-state index contributed by atoms with van der Waals surface area (Å²) in [5.74, 6) is 1.98. The minimum absolute atomic E-state index is 0.361. The number of anilines is 3. The van der Waals surface area contributed by atoms with E-state index in [0.29, 0.717) is 36.1 Å². The minimum atomic E-state index is -0.361. The lowest BCUT2D eigenvalue weighted by molar-refractivity contribution is 0.122. The Morgan fingerprint density at radius 1 is 0.875 bits per heavy atom. The fourth-order valence-corrected chi connectivity index (χ4v) is 3.37. The van der Waals surface area contributed by atoms with Gasteiger partial charge in [0, 0.05) is 36.1 Å². The number of carbonyl (C=O) groups excluding carboxylic acids is 1. The third-order valence-electron chi connectivity index (χ3n) is 5.07. The highest BCUT2D eigenvalue weighted by atomic mass is 16.5. The van der Waals surface area contributed by atoms with Crippen LogP contribution in [-0.2, 0) is 4.74 Å². The Kier molecular flexibility index (Phi) is 6.66. The molecule has 9 heteroatoms. The van der Waals surface area contributed by atoms with Gasteiger partial charge < -0.3 is 29.7 Å². The molecule has 2 aromatic carbocycles. The Morgan fingerprint density at radius 2 is 1.56 bits per heavy atom. The van der Waals surface area contributed by atoms with E-state index in [2.05, 4.69) is 25.7 Å². The molecule has 1 aliphatic heterocycles. The number of hydrogen-bond acceptors (Lipinski definition) is 7. The zero-order valence-electron chi connectivity index (χ0n) is 18.0. The summed E-state index contributed by atoms with van der Waals surface area (Å²) < 4.78 is 15.8. The van der Waals surface area contributed by atoms with Crippen molar-refractivity contribution in [1.82, 2.24) is 10.2 Å². The molecule has 2 N–H and O–H groups in total. The summed E-state index contributed by atoms with van der Waals surface area (Å²) in [4.78, 5) is 14.5. The largest absolute Gasteiger partial charge is 0.493 e. The molecule has 1 aliphatic rings. The number of methoxy groups -OCH3 is 2. The van der Waals surface area contributed by atoms with Crippen molar-refractivity contribution < 1.29 is 19.0 Å². The molecule has 3 aromatic rings. The van der Waals surface area contributed by atoms with E-state index < -0.39 is 0 Å². The van der Waals surface area contributed by atoms with Crippen molar-refractivity contribution in [3.63, 3.8) is 0 Å². The van der Waals surface area contributed by atoms with Crippen molar-refractivity contribution in [2.75, 3.05) is 56.1 Å². The predicted octanol–water partition coefficient (Wildman–Crippen LogP) is 3.64. The molecular formula is C23H25N5O4. The van der Waals surface area contributed by atoms with Crippen LogP contribution in [0.4, 0.5) is 22.0 Å². The van der Waals surface area contributed by atoms with Gasteiger partial charge in [-0.15, -0.1) is 10.2 Å². The van der Waals surface area contributed by atoms with Crippen LogP contribution >= 0.6 is 0 Å². The van der Waals surface area contributed by atoms with Crippen LogP contribution in [-0.4, -0.2) is 56.8 Å². The van der Waals surface area contributed by atoms with Gasteiger partial charge in [0.1, 0.15) is 0 Å². The quantitative estimate of drug-likeness (QED) is 0.610. The van der Waals surface area contributed by atoms with Crippen LogP contribution in [0.3, 0.4) is 0 Å². The summed E-state index contributed by atoms with van der Waals surface area (Å²) in [5, 5.41) is 14.3. The Labute approximate surface area is 186 Å². The van der Waals surface area contributed by atoms with E-state index in [-0.39, 0.29) is 6.03 Å². The number of nitrogens with zero attached hydrogens (tertiary/aromatic N) is 3. The molecule has 4 rings (SSSR count). The average Bonchev–Trinajstić information content (AvgIpc) is 2.85. The van der Waals surface area contributed by atoms with Gasteiger partial charge in [0.25, 0.3) is 0 Å². The number of carbonyl (C=O) groups is 1. The summed E-state index contributed by atoms with van der Waals surface area (Å²) in [7, 11) is 3.11. The Bertz CT molecular complexity index is 1050. The second-order valence-corrected chi connectivity index (χ2v) is 7.10. The van der Waals surface area contributed by atoms with Crippen molar-refractivity contribution >= 4 is 23.2 Å². The van der Waals surface area contributed by atoms with Gasteiger partial charge in [-0.2, -0.15) is 0 Å². The van der Waals surface area contributed by atoms with Crippen molar-refractivity contribution in [1.29, 1.82) is 0 Å². The van der Waals surface area contributed by atoms with E-state index >= 15 is 0 Å².